The lowest BCUT2D eigenvalue weighted by molar-refractivity contribution is -0.108. The molecule has 0 aliphatic heterocycles. The highest BCUT2D eigenvalue weighted by Crippen LogP contribution is 2.54. The maximum atomic E-state index is 14.4. The van der Waals surface area contributed by atoms with Crippen molar-refractivity contribution in [3.8, 4) is 0 Å². The summed E-state index contributed by atoms with van der Waals surface area (Å²) in [6.45, 7) is 2.30. The van der Waals surface area contributed by atoms with Gasteiger partial charge in [0.05, 0.1) is 0 Å². The number of carbonyl (C=O) groups excluding carboxylic acids is 1. The fraction of sp³-hybridized carbons (Fsp3) is 0.114. The maximum Gasteiger partial charge on any atom is 0.195 e. The molecule has 0 fully saturated rings. The van der Waals surface area contributed by atoms with Crippen LogP contribution in [0.2, 0.25) is 0 Å². The summed E-state index contributed by atoms with van der Waals surface area (Å²) in [5.74, 6) is 0.109. The third kappa shape index (κ3) is 3.78. The maximum absolute atomic E-state index is 14.4. The van der Waals surface area contributed by atoms with Crippen LogP contribution in [0.5, 0.6) is 0 Å². The Bertz CT molecular complexity index is 1520. The van der Waals surface area contributed by atoms with Gasteiger partial charge in [-0.1, -0.05) is 134 Å². The van der Waals surface area contributed by atoms with E-state index in [0.717, 1.165) is 51.8 Å². The number of rotatable bonds is 4. The van der Waals surface area contributed by atoms with Crippen molar-refractivity contribution in [1.29, 1.82) is 0 Å². The monoisotopic (exact) mass is 464 g/mol. The lowest BCUT2D eigenvalue weighted by atomic mass is 9.72. The van der Waals surface area contributed by atoms with E-state index in [1.165, 1.54) is 11.1 Å². The van der Waals surface area contributed by atoms with Crippen molar-refractivity contribution in [2.24, 2.45) is 5.41 Å². The largest absolute Gasteiger partial charge is 0.289 e. The molecule has 4 aromatic carbocycles. The number of ketones is 1. The molecule has 1 nitrogen and oxygen atoms in total. The summed E-state index contributed by atoms with van der Waals surface area (Å²) in [7, 11) is 0. The minimum Gasteiger partial charge on any atom is -0.289 e. The van der Waals surface area contributed by atoms with Gasteiger partial charge < -0.3 is 0 Å². The number of carbonyl (C=O) groups is 1. The number of aryl methyl sites for hydroxylation is 1. The van der Waals surface area contributed by atoms with Gasteiger partial charge in [-0.25, -0.2) is 0 Å². The fourth-order valence-electron chi connectivity index (χ4n) is 5.71. The zero-order chi connectivity index (χ0) is 24.5. The van der Waals surface area contributed by atoms with Crippen LogP contribution in [0.1, 0.15) is 41.2 Å². The van der Waals surface area contributed by atoms with Gasteiger partial charge in [0.1, 0.15) is 0 Å². The minimum absolute atomic E-state index is 0.109. The standard InChI is InChI=1S/C35H28O/c1-35(23-21-25-13-11-12-14-26(25)22-24-35)33-30(27-15-5-2-6-16-27)31(28-17-7-3-8-18-28)34(36)32(33)29-19-9-4-10-20-29/h2-21,23H,22,24H2,1H3. The molecule has 0 N–H and O–H groups in total. The van der Waals surface area contributed by atoms with Crippen molar-refractivity contribution in [2.45, 2.75) is 19.8 Å². The lowest BCUT2D eigenvalue weighted by Crippen LogP contribution is -2.19. The second-order valence-corrected chi connectivity index (χ2v) is 9.88. The topological polar surface area (TPSA) is 17.1 Å². The van der Waals surface area contributed by atoms with Crippen molar-refractivity contribution < 1.29 is 4.79 Å². The molecule has 2 aliphatic rings. The molecule has 2 aliphatic carbocycles. The first-order chi connectivity index (χ1) is 17.7. The Balaban J connectivity index is 1.65. The molecule has 1 unspecified atom stereocenters. The van der Waals surface area contributed by atoms with E-state index in [9.17, 15) is 4.79 Å². The second-order valence-electron chi connectivity index (χ2n) is 9.88. The van der Waals surface area contributed by atoms with E-state index >= 15 is 0 Å². The molecule has 1 atom stereocenters. The Labute approximate surface area is 213 Å². The highest BCUT2D eigenvalue weighted by atomic mass is 16.1. The molecule has 1 heteroatoms. The molecule has 4 aromatic rings. The van der Waals surface area contributed by atoms with Gasteiger partial charge in [-0.2, -0.15) is 0 Å². The number of allylic oxidation sites excluding steroid dienone is 5. The van der Waals surface area contributed by atoms with Gasteiger partial charge in [0.15, 0.2) is 5.78 Å². The molecule has 0 radical (unpaired) electrons. The van der Waals surface area contributed by atoms with Crippen LogP contribution in [0.25, 0.3) is 22.8 Å². The van der Waals surface area contributed by atoms with Crippen molar-refractivity contribution in [3.05, 3.63) is 155 Å². The minimum atomic E-state index is -0.318. The van der Waals surface area contributed by atoms with Crippen LogP contribution in [0, 0.1) is 5.41 Å². The fourth-order valence-corrected chi connectivity index (χ4v) is 5.71. The third-order valence-corrected chi connectivity index (χ3v) is 7.56. The Morgan fingerprint density at radius 3 is 1.69 bits per heavy atom. The Morgan fingerprint density at radius 2 is 1.08 bits per heavy atom. The van der Waals surface area contributed by atoms with Crippen molar-refractivity contribution in [1.82, 2.24) is 0 Å². The van der Waals surface area contributed by atoms with Gasteiger partial charge in [0, 0.05) is 16.6 Å². The van der Waals surface area contributed by atoms with E-state index in [1.807, 2.05) is 42.5 Å². The van der Waals surface area contributed by atoms with Crippen molar-refractivity contribution in [2.75, 3.05) is 0 Å². The van der Waals surface area contributed by atoms with Crippen LogP contribution < -0.4 is 0 Å². The molecule has 6 rings (SSSR count). The van der Waals surface area contributed by atoms with E-state index in [2.05, 4.69) is 91.9 Å². The molecule has 0 bridgehead atoms. The van der Waals surface area contributed by atoms with E-state index in [0.29, 0.717) is 0 Å². The van der Waals surface area contributed by atoms with Gasteiger partial charge in [-0.3, -0.25) is 4.79 Å². The molecule has 36 heavy (non-hydrogen) atoms. The first-order valence-corrected chi connectivity index (χ1v) is 12.6. The molecule has 0 heterocycles. The predicted molar refractivity (Wildman–Crippen MR) is 150 cm³/mol. The summed E-state index contributed by atoms with van der Waals surface area (Å²) >= 11 is 0. The second kappa shape index (κ2) is 9.09. The number of hydrogen-bond acceptors (Lipinski definition) is 1. The third-order valence-electron chi connectivity index (χ3n) is 7.56. The Hall–Kier alpha value is -4.23. The summed E-state index contributed by atoms with van der Waals surface area (Å²) in [6, 6.07) is 39.4. The average Bonchev–Trinajstić information content (AvgIpc) is 3.15. The van der Waals surface area contributed by atoms with Gasteiger partial charge >= 0.3 is 0 Å². The predicted octanol–water partition coefficient (Wildman–Crippen LogP) is 8.30. The van der Waals surface area contributed by atoms with Crippen LogP contribution in [0.4, 0.5) is 0 Å². The number of Topliss-reactive ketones (excluding diaryl/α,β-unsaturated/α-hetero) is 1. The van der Waals surface area contributed by atoms with Crippen LogP contribution >= 0.6 is 0 Å². The molecule has 0 amide bonds. The summed E-state index contributed by atoms with van der Waals surface area (Å²) in [5, 5.41) is 0. The summed E-state index contributed by atoms with van der Waals surface area (Å²) in [6.07, 6.45) is 6.48. The number of fused-ring (bicyclic) bond motifs is 1. The zero-order valence-corrected chi connectivity index (χ0v) is 20.4. The van der Waals surface area contributed by atoms with Gasteiger partial charge in [-0.05, 0) is 51.8 Å². The lowest BCUT2D eigenvalue weighted by Gasteiger charge is -2.31. The number of hydrogen-bond donors (Lipinski definition) is 0. The van der Waals surface area contributed by atoms with Crippen LogP contribution in [0.15, 0.2) is 127 Å². The van der Waals surface area contributed by atoms with Crippen LogP contribution in [-0.4, -0.2) is 5.78 Å². The van der Waals surface area contributed by atoms with E-state index in [4.69, 9.17) is 0 Å². The normalized spacial score (nSPS) is 19.4. The van der Waals surface area contributed by atoms with E-state index in [-0.39, 0.29) is 11.2 Å². The van der Waals surface area contributed by atoms with Crippen LogP contribution in [-0.2, 0) is 11.2 Å². The first-order valence-electron chi connectivity index (χ1n) is 12.6. The smallest absolute Gasteiger partial charge is 0.195 e. The highest BCUT2D eigenvalue weighted by molar-refractivity contribution is 6.52. The van der Waals surface area contributed by atoms with Gasteiger partial charge in [-0.15, -0.1) is 0 Å². The summed E-state index contributed by atoms with van der Waals surface area (Å²) in [5.41, 5.74) is 9.15. The number of benzene rings is 4. The average molecular weight is 465 g/mol. The molecular formula is C35H28O. The van der Waals surface area contributed by atoms with Crippen molar-refractivity contribution in [3.63, 3.8) is 0 Å². The molecule has 0 saturated heterocycles. The summed E-state index contributed by atoms with van der Waals surface area (Å²) in [4.78, 5) is 14.4. The first kappa shape index (κ1) is 22.2. The Morgan fingerprint density at radius 1 is 0.583 bits per heavy atom. The SMILES string of the molecule is CC1(C2=C(c3ccccc3)C(=O)C(c3ccccc3)=C2c2ccccc2)C=Cc2ccccc2CC1. The highest BCUT2D eigenvalue weighted by Gasteiger charge is 2.42. The molecule has 0 saturated carbocycles. The molecule has 174 valence electrons. The quantitative estimate of drug-likeness (QED) is 0.297. The molecular weight excluding hydrogens is 436 g/mol. The Kier molecular flexibility index (Phi) is 5.62. The summed E-state index contributed by atoms with van der Waals surface area (Å²) < 4.78 is 0. The van der Waals surface area contributed by atoms with Crippen LogP contribution in [0.3, 0.4) is 0 Å². The van der Waals surface area contributed by atoms with E-state index in [1.54, 1.807) is 0 Å². The van der Waals surface area contributed by atoms with Gasteiger partial charge in [0.2, 0.25) is 0 Å². The van der Waals surface area contributed by atoms with Gasteiger partial charge in [0.25, 0.3) is 0 Å². The molecule has 0 aromatic heterocycles. The van der Waals surface area contributed by atoms with Crippen molar-refractivity contribution >= 4 is 28.6 Å². The van der Waals surface area contributed by atoms with E-state index < -0.39 is 0 Å². The molecule has 0 spiro atoms. The zero-order valence-electron chi connectivity index (χ0n) is 20.4.